The molecule has 36 heavy (non-hydrogen) atoms. The summed E-state index contributed by atoms with van der Waals surface area (Å²) in [7, 11) is 0. The van der Waals surface area contributed by atoms with E-state index >= 15 is 0 Å². The fraction of sp³-hybridized carbons (Fsp3) is 0.250. The molecular weight excluding hydrogens is 440 g/mol. The van der Waals surface area contributed by atoms with E-state index in [4.69, 9.17) is 9.97 Å². The van der Waals surface area contributed by atoms with Crippen molar-refractivity contribution < 1.29 is 0 Å². The van der Waals surface area contributed by atoms with Gasteiger partial charge < -0.3 is 9.97 Å². The molecule has 2 N–H and O–H groups in total. The van der Waals surface area contributed by atoms with Gasteiger partial charge in [0, 0.05) is 33.9 Å². The molecule has 4 heteroatoms. The minimum Gasteiger partial charge on any atom is -0.345 e. The largest absolute Gasteiger partial charge is 0.345 e. The molecule has 0 saturated heterocycles. The number of rotatable bonds is 3. The van der Waals surface area contributed by atoms with Crippen molar-refractivity contribution in [3.8, 4) is 22.4 Å². The minimum absolute atomic E-state index is 0.354. The van der Waals surface area contributed by atoms with Gasteiger partial charge in [0.15, 0.2) is 0 Å². The first-order valence-corrected chi connectivity index (χ1v) is 13.0. The minimum atomic E-state index is 0.354. The number of H-pyrrole nitrogens is 2. The summed E-state index contributed by atoms with van der Waals surface area (Å²) >= 11 is 0. The summed E-state index contributed by atoms with van der Waals surface area (Å²) in [6, 6.07) is 22.4. The fourth-order valence-electron chi connectivity index (χ4n) is 5.72. The number of imidazole rings is 2. The van der Waals surface area contributed by atoms with Crippen molar-refractivity contribution in [1.29, 1.82) is 0 Å². The number of aryl methyl sites for hydroxylation is 2. The zero-order chi connectivity index (χ0) is 24.6. The SMILES string of the molecule is CC(C)c1nc2c([nH]1)CCc1cc(-c3ccc4c(c3)c3ccccc3c3nc(C(C)C)[nH]c43)ccc1-2. The molecule has 0 saturated carbocycles. The first kappa shape index (κ1) is 21.4. The van der Waals surface area contributed by atoms with Crippen LogP contribution >= 0.6 is 0 Å². The predicted molar refractivity (Wildman–Crippen MR) is 150 cm³/mol. The van der Waals surface area contributed by atoms with Gasteiger partial charge in [-0.25, -0.2) is 9.97 Å². The quantitative estimate of drug-likeness (QED) is 0.256. The van der Waals surface area contributed by atoms with Crippen molar-refractivity contribution in [2.75, 3.05) is 0 Å². The van der Waals surface area contributed by atoms with Gasteiger partial charge in [0.2, 0.25) is 0 Å². The molecule has 2 heterocycles. The number of nitrogens with one attached hydrogen (secondary N) is 2. The van der Waals surface area contributed by atoms with Gasteiger partial charge in [0.1, 0.15) is 11.6 Å². The average molecular weight is 471 g/mol. The molecular formula is C32H30N4. The fourth-order valence-corrected chi connectivity index (χ4v) is 5.72. The molecule has 1 aliphatic rings. The molecule has 7 rings (SSSR count). The van der Waals surface area contributed by atoms with E-state index in [0.29, 0.717) is 11.8 Å². The van der Waals surface area contributed by atoms with E-state index in [-0.39, 0.29) is 0 Å². The smallest absolute Gasteiger partial charge is 0.109 e. The van der Waals surface area contributed by atoms with E-state index in [1.165, 1.54) is 49.5 Å². The van der Waals surface area contributed by atoms with Crippen molar-refractivity contribution in [3.63, 3.8) is 0 Å². The van der Waals surface area contributed by atoms with Crippen molar-refractivity contribution in [1.82, 2.24) is 19.9 Å². The maximum Gasteiger partial charge on any atom is 0.109 e. The summed E-state index contributed by atoms with van der Waals surface area (Å²) < 4.78 is 0. The van der Waals surface area contributed by atoms with Gasteiger partial charge in [-0.05, 0) is 46.4 Å². The van der Waals surface area contributed by atoms with E-state index in [9.17, 15) is 0 Å². The highest BCUT2D eigenvalue weighted by Crippen LogP contribution is 2.39. The molecule has 0 unspecified atom stereocenters. The summed E-state index contributed by atoms with van der Waals surface area (Å²) in [5.41, 5.74) is 9.78. The lowest BCUT2D eigenvalue weighted by Gasteiger charge is -2.17. The highest BCUT2D eigenvalue weighted by Gasteiger charge is 2.22. The first-order chi connectivity index (χ1) is 17.5. The Kier molecular flexibility index (Phi) is 4.62. The first-order valence-electron chi connectivity index (χ1n) is 13.0. The molecule has 0 bridgehead atoms. The molecule has 0 spiro atoms. The zero-order valence-electron chi connectivity index (χ0n) is 21.2. The topological polar surface area (TPSA) is 57.4 Å². The Labute approximate surface area is 210 Å². The Bertz CT molecular complexity index is 1800. The molecule has 178 valence electrons. The maximum atomic E-state index is 4.99. The van der Waals surface area contributed by atoms with Crippen LogP contribution in [0.25, 0.3) is 55.0 Å². The normalized spacial score (nSPS) is 13.3. The second-order valence-electron chi connectivity index (χ2n) is 10.8. The van der Waals surface area contributed by atoms with Crippen LogP contribution in [-0.2, 0) is 12.8 Å². The Morgan fingerprint density at radius 1 is 0.667 bits per heavy atom. The monoisotopic (exact) mass is 470 g/mol. The third kappa shape index (κ3) is 3.13. The van der Waals surface area contributed by atoms with Gasteiger partial charge in [0.25, 0.3) is 0 Å². The molecule has 2 aromatic heterocycles. The molecule has 0 radical (unpaired) electrons. The number of benzene rings is 4. The van der Waals surface area contributed by atoms with E-state index in [2.05, 4.69) is 98.3 Å². The van der Waals surface area contributed by atoms with Crippen LogP contribution in [0.15, 0.2) is 60.7 Å². The second kappa shape index (κ2) is 7.79. The van der Waals surface area contributed by atoms with Gasteiger partial charge in [-0.3, -0.25) is 0 Å². The summed E-state index contributed by atoms with van der Waals surface area (Å²) in [6.45, 7) is 8.76. The molecule has 0 atom stereocenters. The molecule has 0 fully saturated rings. The Morgan fingerprint density at radius 3 is 2.19 bits per heavy atom. The van der Waals surface area contributed by atoms with Gasteiger partial charge >= 0.3 is 0 Å². The molecule has 4 nitrogen and oxygen atoms in total. The lowest BCUT2D eigenvalue weighted by atomic mass is 9.89. The molecule has 0 aliphatic heterocycles. The highest BCUT2D eigenvalue weighted by molar-refractivity contribution is 6.23. The summed E-state index contributed by atoms with van der Waals surface area (Å²) in [5, 5.41) is 4.96. The van der Waals surface area contributed by atoms with E-state index in [1.54, 1.807) is 0 Å². The van der Waals surface area contributed by atoms with Crippen molar-refractivity contribution >= 4 is 32.6 Å². The molecule has 0 amide bonds. The molecule has 6 aromatic rings. The van der Waals surface area contributed by atoms with Crippen LogP contribution < -0.4 is 0 Å². The van der Waals surface area contributed by atoms with Crippen LogP contribution in [0.5, 0.6) is 0 Å². The Hall–Kier alpha value is -3.92. The predicted octanol–water partition coefficient (Wildman–Crippen LogP) is 8.27. The van der Waals surface area contributed by atoms with Gasteiger partial charge in [0.05, 0.1) is 16.7 Å². The standard InChI is InChI=1S/C32H30N4/c1-17(2)31-33-27-14-11-21-15-19(9-12-22(21)28(27)34-31)20-10-13-25-26(16-20)23-7-5-6-8-24(23)29-30(25)36-32(35-29)18(3)4/h5-10,12-13,15-18H,11,14H2,1-4H3,(H,33,34)(H,35,36). The molecule has 1 aliphatic carbocycles. The number of nitrogens with zero attached hydrogens (tertiary/aromatic N) is 2. The van der Waals surface area contributed by atoms with Crippen LogP contribution in [0.4, 0.5) is 0 Å². The summed E-state index contributed by atoms with van der Waals surface area (Å²) in [4.78, 5) is 17.1. The number of aromatic amines is 2. The van der Waals surface area contributed by atoms with Gasteiger partial charge in [-0.2, -0.15) is 0 Å². The van der Waals surface area contributed by atoms with Crippen LogP contribution in [0.2, 0.25) is 0 Å². The van der Waals surface area contributed by atoms with Crippen LogP contribution in [0, 0.1) is 0 Å². The number of hydrogen-bond donors (Lipinski definition) is 2. The Balaban J connectivity index is 1.40. The van der Waals surface area contributed by atoms with Crippen LogP contribution in [-0.4, -0.2) is 19.9 Å². The van der Waals surface area contributed by atoms with E-state index in [1.807, 2.05) is 0 Å². The third-order valence-electron chi connectivity index (χ3n) is 7.71. The average Bonchev–Trinajstić information content (AvgIpc) is 3.54. The number of hydrogen-bond acceptors (Lipinski definition) is 2. The lowest BCUT2D eigenvalue weighted by Crippen LogP contribution is -2.03. The van der Waals surface area contributed by atoms with Crippen LogP contribution in [0.1, 0.15) is 62.4 Å². The van der Waals surface area contributed by atoms with Crippen molar-refractivity contribution in [2.45, 2.75) is 52.4 Å². The highest BCUT2D eigenvalue weighted by atomic mass is 14.9. The molecule has 4 aromatic carbocycles. The lowest BCUT2D eigenvalue weighted by molar-refractivity contribution is 0.787. The van der Waals surface area contributed by atoms with E-state index < -0.39 is 0 Å². The van der Waals surface area contributed by atoms with Crippen LogP contribution in [0.3, 0.4) is 0 Å². The van der Waals surface area contributed by atoms with E-state index in [0.717, 1.165) is 41.2 Å². The van der Waals surface area contributed by atoms with Crippen molar-refractivity contribution in [2.24, 2.45) is 0 Å². The Morgan fingerprint density at radius 2 is 1.39 bits per heavy atom. The number of fused-ring (bicyclic) bond motifs is 9. The summed E-state index contributed by atoms with van der Waals surface area (Å²) in [5.74, 6) is 2.89. The number of aromatic nitrogens is 4. The second-order valence-corrected chi connectivity index (χ2v) is 10.8. The maximum absolute atomic E-state index is 4.99. The van der Waals surface area contributed by atoms with Gasteiger partial charge in [-0.1, -0.05) is 82.3 Å². The van der Waals surface area contributed by atoms with Gasteiger partial charge in [-0.15, -0.1) is 0 Å². The van der Waals surface area contributed by atoms with Crippen molar-refractivity contribution in [3.05, 3.63) is 83.6 Å². The zero-order valence-corrected chi connectivity index (χ0v) is 21.2. The third-order valence-corrected chi connectivity index (χ3v) is 7.71. The summed E-state index contributed by atoms with van der Waals surface area (Å²) in [6.07, 6.45) is 2.06.